The molecular formula is C31H32Cl2N4O5. The molecule has 42 heavy (non-hydrogen) atoms. The maximum absolute atomic E-state index is 13.3. The van der Waals surface area contributed by atoms with E-state index in [1.54, 1.807) is 6.92 Å². The van der Waals surface area contributed by atoms with Crippen molar-refractivity contribution in [3.8, 4) is 0 Å². The third kappa shape index (κ3) is 7.80. The van der Waals surface area contributed by atoms with Crippen molar-refractivity contribution in [2.75, 3.05) is 18.5 Å². The lowest BCUT2D eigenvalue weighted by molar-refractivity contribution is -0.145. The molecule has 2 unspecified atom stereocenters. The van der Waals surface area contributed by atoms with Crippen LogP contribution in [-0.2, 0) is 27.2 Å². The molecule has 0 aromatic heterocycles. The Morgan fingerprint density at radius 3 is 2.57 bits per heavy atom. The predicted octanol–water partition coefficient (Wildman–Crippen LogP) is 5.13. The summed E-state index contributed by atoms with van der Waals surface area (Å²) in [5.74, 6) is -1.85. The number of benzene rings is 3. The molecule has 0 spiro atoms. The van der Waals surface area contributed by atoms with E-state index in [0.717, 1.165) is 29.5 Å². The summed E-state index contributed by atoms with van der Waals surface area (Å²) in [6, 6.07) is 16.5. The molecule has 0 heterocycles. The number of hydrogen-bond donors (Lipinski definition) is 4. The Morgan fingerprint density at radius 1 is 1.02 bits per heavy atom. The van der Waals surface area contributed by atoms with Crippen LogP contribution in [0.25, 0.3) is 0 Å². The second kappa shape index (κ2) is 14.2. The number of fused-ring (bicyclic) bond motifs is 1. The molecule has 0 fully saturated rings. The van der Waals surface area contributed by atoms with Crippen LogP contribution in [0.2, 0.25) is 10.0 Å². The van der Waals surface area contributed by atoms with Crippen molar-refractivity contribution in [3.63, 3.8) is 0 Å². The summed E-state index contributed by atoms with van der Waals surface area (Å²) in [5.41, 5.74) is 4.14. The van der Waals surface area contributed by atoms with Gasteiger partial charge in [0.1, 0.15) is 6.04 Å². The van der Waals surface area contributed by atoms with Gasteiger partial charge < -0.3 is 26.0 Å². The fourth-order valence-corrected chi connectivity index (χ4v) is 5.43. The molecule has 0 bridgehead atoms. The quantitative estimate of drug-likeness (QED) is 0.237. The van der Waals surface area contributed by atoms with E-state index in [9.17, 15) is 19.2 Å². The first kappa shape index (κ1) is 30.9. The third-order valence-corrected chi connectivity index (χ3v) is 7.53. The van der Waals surface area contributed by atoms with Gasteiger partial charge in [0.15, 0.2) is 0 Å². The van der Waals surface area contributed by atoms with Gasteiger partial charge in [0.25, 0.3) is 5.91 Å². The molecule has 3 aromatic rings. The Balaban J connectivity index is 1.42. The van der Waals surface area contributed by atoms with Gasteiger partial charge in [-0.05, 0) is 55.5 Å². The number of rotatable bonds is 10. The standard InChI is InChI=1S/C31H32Cl2N4O5/c1-3-42-30(40)25(17-34-31(41)37-23-13-11-20-9-4-5-10-21(20)23)36-29(39)27-22(32)12-14-24(28(27)33)35-26(38)16-19-8-6-7-18(2)15-19/h4-10,12,14-15,23,25H,3,11,13,16-17H2,1-2H3,(H,35,38)(H,36,39)(H2,34,37,41). The Labute approximate surface area is 254 Å². The summed E-state index contributed by atoms with van der Waals surface area (Å²) in [4.78, 5) is 51.3. The molecule has 0 saturated heterocycles. The second-order valence-electron chi connectivity index (χ2n) is 9.92. The monoisotopic (exact) mass is 610 g/mol. The lowest BCUT2D eigenvalue weighted by Crippen LogP contribution is -2.51. The lowest BCUT2D eigenvalue weighted by atomic mass is 10.1. The molecule has 3 aromatic carbocycles. The van der Waals surface area contributed by atoms with Crippen LogP contribution in [0.3, 0.4) is 0 Å². The minimum atomic E-state index is -1.23. The highest BCUT2D eigenvalue weighted by Gasteiger charge is 2.28. The summed E-state index contributed by atoms with van der Waals surface area (Å²) in [5, 5.41) is 10.7. The van der Waals surface area contributed by atoms with Gasteiger partial charge in [-0.1, -0.05) is 77.3 Å². The molecule has 4 rings (SSSR count). The van der Waals surface area contributed by atoms with Crippen molar-refractivity contribution >= 4 is 52.7 Å². The zero-order valence-corrected chi connectivity index (χ0v) is 24.8. The summed E-state index contributed by atoms with van der Waals surface area (Å²) >= 11 is 12.8. The van der Waals surface area contributed by atoms with E-state index in [0.29, 0.717) is 0 Å². The molecule has 220 valence electrons. The van der Waals surface area contributed by atoms with Crippen LogP contribution in [0.15, 0.2) is 60.7 Å². The highest BCUT2D eigenvalue weighted by Crippen LogP contribution is 2.32. The summed E-state index contributed by atoms with van der Waals surface area (Å²) in [6.45, 7) is 3.39. The van der Waals surface area contributed by atoms with Crippen LogP contribution in [0.1, 0.15) is 52.0 Å². The molecule has 9 nitrogen and oxygen atoms in total. The highest BCUT2D eigenvalue weighted by molar-refractivity contribution is 6.41. The maximum Gasteiger partial charge on any atom is 0.330 e. The van der Waals surface area contributed by atoms with E-state index < -0.39 is 23.9 Å². The van der Waals surface area contributed by atoms with Crippen LogP contribution < -0.4 is 21.3 Å². The normalized spacial score (nSPS) is 14.3. The lowest BCUT2D eigenvalue weighted by Gasteiger charge is -2.20. The molecule has 1 aliphatic rings. The van der Waals surface area contributed by atoms with E-state index in [1.165, 1.54) is 17.7 Å². The summed E-state index contributed by atoms with van der Waals surface area (Å²) in [7, 11) is 0. The van der Waals surface area contributed by atoms with Crippen molar-refractivity contribution in [2.24, 2.45) is 0 Å². The van der Waals surface area contributed by atoms with E-state index in [2.05, 4.69) is 21.3 Å². The van der Waals surface area contributed by atoms with Gasteiger partial charge in [-0.15, -0.1) is 0 Å². The number of carbonyl (C=O) groups excluding carboxylic acids is 4. The number of anilines is 1. The Bertz CT molecular complexity index is 1500. The van der Waals surface area contributed by atoms with Gasteiger partial charge in [0, 0.05) is 0 Å². The number of amides is 4. The second-order valence-corrected chi connectivity index (χ2v) is 10.7. The van der Waals surface area contributed by atoms with Crippen LogP contribution in [-0.4, -0.2) is 43.0 Å². The van der Waals surface area contributed by atoms with Gasteiger partial charge in [0.2, 0.25) is 5.91 Å². The maximum atomic E-state index is 13.3. The largest absolute Gasteiger partial charge is 0.464 e. The molecule has 0 aliphatic heterocycles. The first-order valence-corrected chi connectivity index (χ1v) is 14.3. The molecule has 2 atom stereocenters. The average Bonchev–Trinajstić information content (AvgIpc) is 3.35. The fraction of sp³-hybridized carbons (Fsp3) is 0.290. The molecular weight excluding hydrogens is 579 g/mol. The van der Waals surface area contributed by atoms with Crippen molar-refractivity contribution in [1.29, 1.82) is 0 Å². The van der Waals surface area contributed by atoms with Crippen LogP contribution >= 0.6 is 23.2 Å². The third-order valence-electron chi connectivity index (χ3n) is 6.82. The molecule has 4 amide bonds. The summed E-state index contributed by atoms with van der Waals surface area (Å²) < 4.78 is 5.11. The van der Waals surface area contributed by atoms with Crippen LogP contribution in [0, 0.1) is 6.92 Å². The van der Waals surface area contributed by atoms with Gasteiger partial charge in [-0.25, -0.2) is 9.59 Å². The zero-order chi connectivity index (χ0) is 30.2. The number of halogens is 2. The predicted molar refractivity (Wildman–Crippen MR) is 162 cm³/mol. The molecule has 11 heteroatoms. The van der Waals surface area contributed by atoms with Crippen LogP contribution in [0.4, 0.5) is 10.5 Å². The van der Waals surface area contributed by atoms with E-state index >= 15 is 0 Å². The van der Waals surface area contributed by atoms with Gasteiger partial charge >= 0.3 is 12.0 Å². The highest BCUT2D eigenvalue weighted by atomic mass is 35.5. The van der Waals surface area contributed by atoms with Gasteiger partial charge in [-0.3, -0.25) is 9.59 Å². The molecule has 4 N–H and O–H groups in total. The van der Waals surface area contributed by atoms with Crippen LogP contribution in [0.5, 0.6) is 0 Å². The number of aryl methyl sites for hydroxylation is 2. The Hall–Kier alpha value is -4.08. The molecule has 0 saturated carbocycles. The molecule has 1 aliphatic carbocycles. The van der Waals surface area contributed by atoms with E-state index in [-0.39, 0.29) is 52.8 Å². The topological polar surface area (TPSA) is 126 Å². The number of nitrogens with one attached hydrogen (secondary N) is 4. The summed E-state index contributed by atoms with van der Waals surface area (Å²) in [6.07, 6.45) is 1.72. The van der Waals surface area contributed by atoms with E-state index in [1.807, 2.05) is 55.5 Å². The number of esters is 1. The SMILES string of the molecule is CCOC(=O)C(CNC(=O)NC1CCc2ccccc21)NC(=O)c1c(Cl)ccc(NC(=O)Cc2cccc(C)c2)c1Cl. The van der Waals surface area contributed by atoms with Crippen molar-refractivity contribution in [3.05, 3.63) is 98.5 Å². The number of urea groups is 1. The minimum Gasteiger partial charge on any atom is -0.464 e. The fourth-order valence-electron chi connectivity index (χ4n) is 4.84. The van der Waals surface area contributed by atoms with Gasteiger partial charge in [-0.2, -0.15) is 0 Å². The van der Waals surface area contributed by atoms with Gasteiger partial charge in [0.05, 0.1) is 46.9 Å². The average molecular weight is 612 g/mol. The molecule has 0 radical (unpaired) electrons. The van der Waals surface area contributed by atoms with E-state index in [4.69, 9.17) is 27.9 Å². The first-order valence-electron chi connectivity index (χ1n) is 13.6. The number of carbonyl (C=O) groups is 4. The van der Waals surface area contributed by atoms with Crippen molar-refractivity contribution in [1.82, 2.24) is 16.0 Å². The number of hydrogen-bond acceptors (Lipinski definition) is 5. The van der Waals surface area contributed by atoms with Crippen molar-refractivity contribution in [2.45, 2.75) is 45.2 Å². The Morgan fingerprint density at radius 2 is 1.81 bits per heavy atom. The minimum absolute atomic E-state index is 0.0161. The first-order chi connectivity index (χ1) is 20.2. The zero-order valence-electron chi connectivity index (χ0n) is 23.3. The smallest absolute Gasteiger partial charge is 0.330 e. The number of ether oxygens (including phenoxy) is 1. The Kier molecular flexibility index (Phi) is 10.4. The van der Waals surface area contributed by atoms with Crippen molar-refractivity contribution < 1.29 is 23.9 Å².